The van der Waals surface area contributed by atoms with E-state index in [1.165, 1.54) is 6.20 Å². The maximum Gasteiger partial charge on any atom is 0.170 e. The molecule has 0 bridgehead atoms. The first kappa shape index (κ1) is 19.3. The summed E-state index contributed by atoms with van der Waals surface area (Å²) >= 11 is 0. The fourth-order valence-corrected chi connectivity index (χ4v) is 2.82. The Morgan fingerprint density at radius 2 is 2.18 bits per heavy atom. The molecule has 0 aromatic carbocycles. The van der Waals surface area contributed by atoms with Crippen LogP contribution < -0.4 is 16.8 Å². The van der Waals surface area contributed by atoms with Gasteiger partial charge in [0.15, 0.2) is 11.6 Å². The number of anilines is 2. The molecule has 0 spiro atoms. The first-order valence-electron chi connectivity index (χ1n) is 8.75. The van der Waals surface area contributed by atoms with Crippen LogP contribution in [0.15, 0.2) is 41.9 Å². The molecule has 3 heterocycles. The molecule has 1 unspecified atom stereocenters. The van der Waals surface area contributed by atoms with Crippen LogP contribution in [0, 0.1) is 0 Å². The van der Waals surface area contributed by atoms with Gasteiger partial charge in [-0.3, -0.25) is 4.99 Å². The third-order valence-corrected chi connectivity index (χ3v) is 4.29. The van der Waals surface area contributed by atoms with Gasteiger partial charge in [-0.1, -0.05) is 6.07 Å². The van der Waals surface area contributed by atoms with Crippen LogP contribution in [-0.4, -0.2) is 39.7 Å². The van der Waals surface area contributed by atoms with Crippen LogP contribution in [0.2, 0.25) is 0 Å². The van der Waals surface area contributed by atoms with E-state index in [-0.39, 0.29) is 6.04 Å². The summed E-state index contributed by atoms with van der Waals surface area (Å²) in [4.78, 5) is 17.1. The van der Waals surface area contributed by atoms with Crippen molar-refractivity contribution in [2.45, 2.75) is 19.6 Å². The molecule has 0 amide bonds. The van der Waals surface area contributed by atoms with Gasteiger partial charge in [0.2, 0.25) is 0 Å². The minimum Gasteiger partial charge on any atom is -0.404 e. The van der Waals surface area contributed by atoms with Gasteiger partial charge in [0.1, 0.15) is 5.65 Å². The molecule has 1 atom stereocenters. The lowest BCUT2D eigenvalue weighted by Gasteiger charge is -2.17. The number of nitrogens with zero attached hydrogens (tertiary/aromatic N) is 5. The van der Waals surface area contributed by atoms with E-state index in [2.05, 4.69) is 25.3 Å². The number of methoxy groups -OCH3 is 1. The van der Waals surface area contributed by atoms with Gasteiger partial charge in [-0.25, -0.2) is 15.0 Å². The van der Waals surface area contributed by atoms with Crippen molar-refractivity contribution >= 4 is 29.1 Å². The van der Waals surface area contributed by atoms with E-state index in [1.807, 2.05) is 35.9 Å². The molecule has 0 radical (unpaired) electrons. The minimum absolute atomic E-state index is 0.0702. The molecule has 9 nitrogen and oxygen atoms in total. The Hall–Kier alpha value is -3.46. The van der Waals surface area contributed by atoms with Crippen molar-refractivity contribution in [1.82, 2.24) is 19.4 Å². The van der Waals surface area contributed by atoms with Crippen molar-refractivity contribution in [2.75, 3.05) is 25.2 Å². The average molecular weight is 380 g/mol. The normalized spacial score (nSPS) is 13.3. The number of pyridine rings is 1. The Morgan fingerprint density at radius 1 is 1.36 bits per heavy atom. The maximum atomic E-state index is 6.02. The highest BCUT2D eigenvalue weighted by molar-refractivity contribution is 6.08. The van der Waals surface area contributed by atoms with Crippen molar-refractivity contribution in [3.63, 3.8) is 0 Å². The van der Waals surface area contributed by atoms with E-state index >= 15 is 0 Å². The van der Waals surface area contributed by atoms with Crippen molar-refractivity contribution in [1.29, 1.82) is 0 Å². The largest absolute Gasteiger partial charge is 0.404 e. The molecule has 0 aliphatic heterocycles. The fourth-order valence-electron chi connectivity index (χ4n) is 2.82. The third-order valence-electron chi connectivity index (χ3n) is 4.29. The number of ether oxygens (including phenoxy) is 1. The zero-order valence-electron chi connectivity index (χ0n) is 16.1. The number of nitrogens with two attached hydrogens (primary N) is 2. The molecule has 5 N–H and O–H groups in total. The molecule has 0 fully saturated rings. The fraction of sp³-hybridized carbons (Fsp3) is 0.263. The van der Waals surface area contributed by atoms with Gasteiger partial charge < -0.3 is 25.9 Å². The summed E-state index contributed by atoms with van der Waals surface area (Å²) in [6.45, 7) is 2.51. The van der Waals surface area contributed by atoms with Gasteiger partial charge in [0.05, 0.1) is 36.4 Å². The lowest BCUT2D eigenvalue weighted by molar-refractivity contribution is 0.181. The number of hydrogen-bond acceptors (Lipinski definition) is 8. The van der Waals surface area contributed by atoms with Crippen molar-refractivity contribution in [2.24, 2.45) is 10.7 Å². The number of allylic oxidation sites excluding steroid dienone is 1. The molecule has 3 aromatic rings. The number of nitrogen functional groups attached to an aromatic ring is 1. The van der Waals surface area contributed by atoms with Gasteiger partial charge in [-0.15, -0.1) is 0 Å². The van der Waals surface area contributed by atoms with Crippen LogP contribution in [0.25, 0.3) is 11.2 Å². The quantitative estimate of drug-likeness (QED) is 0.535. The number of rotatable bonds is 7. The summed E-state index contributed by atoms with van der Waals surface area (Å²) in [5.74, 6) is 0.792. The highest BCUT2D eigenvalue weighted by Crippen LogP contribution is 2.23. The third kappa shape index (κ3) is 3.94. The van der Waals surface area contributed by atoms with Crippen LogP contribution in [0.4, 0.5) is 11.6 Å². The van der Waals surface area contributed by atoms with E-state index in [9.17, 15) is 0 Å². The van der Waals surface area contributed by atoms with E-state index < -0.39 is 0 Å². The van der Waals surface area contributed by atoms with Gasteiger partial charge in [0, 0.05) is 38.3 Å². The van der Waals surface area contributed by atoms with Crippen LogP contribution in [-0.2, 0) is 11.3 Å². The average Bonchev–Trinajstić information content (AvgIpc) is 3.10. The summed E-state index contributed by atoms with van der Waals surface area (Å²) in [7, 11) is 3.33. The second-order valence-electron chi connectivity index (χ2n) is 6.24. The topological polar surface area (TPSA) is 129 Å². The highest BCUT2D eigenvalue weighted by Gasteiger charge is 2.13. The maximum absolute atomic E-state index is 6.02. The van der Waals surface area contributed by atoms with E-state index in [0.29, 0.717) is 29.5 Å². The number of imidazole rings is 1. The Morgan fingerprint density at radius 3 is 2.89 bits per heavy atom. The zero-order chi connectivity index (χ0) is 20.1. The van der Waals surface area contributed by atoms with Gasteiger partial charge in [-0.2, -0.15) is 0 Å². The summed E-state index contributed by atoms with van der Waals surface area (Å²) in [5, 5.41) is 3.32. The monoisotopic (exact) mass is 380 g/mol. The smallest absolute Gasteiger partial charge is 0.170 e. The Bertz CT molecular complexity index is 1020. The molecule has 0 saturated carbocycles. The molecule has 0 saturated heterocycles. The second-order valence-corrected chi connectivity index (χ2v) is 6.24. The first-order chi connectivity index (χ1) is 13.6. The zero-order valence-corrected chi connectivity index (χ0v) is 16.1. The van der Waals surface area contributed by atoms with Crippen LogP contribution in [0.5, 0.6) is 0 Å². The van der Waals surface area contributed by atoms with Crippen molar-refractivity contribution in [3.8, 4) is 0 Å². The molecule has 0 aliphatic carbocycles. The Labute approximate surface area is 163 Å². The predicted octanol–water partition coefficient (Wildman–Crippen LogP) is 2.03. The number of aliphatic imine (C=N–C) groups is 1. The summed E-state index contributed by atoms with van der Waals surface area (Å²) in [6, 6.07) is 3.91. The molecule has 9 heteroatoms. The molecule has 3 aromatic heterocycles. The Kier molecular flexibility index (Phi) is 5.85. The molecule has 0 aliphatic rings. The van der Waals surface area contributed by atoms with Crippen LogP contribution in [0.3, 0.4) is 0 Å². The SMILES string of the molecule is CN=CC(=CN)c1cnc(N)c(NC(C)c2ccc3ncc(COC)n3c2)n1. The first-order valence-corrected chi connectivity index (χ1v) is 8.75. The lowest BCUT2D eigenvalue weighted by atomic mass is 10.1. The Balaban J connectivity index is 1.89. The van der Waals surface area contributed by atoms with Gasteiger partial charge >= 0.3 is 0 Å². The summed E-state index contributed by atoms with van der Waals surface area (Å²) < 4.78 is 7.24. The van der Waals surface area contributed by atoms with Crippen molar-refractivity contribution in [3.05, 3.63) is 53.9 Å². The van der Waals surface area contributed by atoms with Crippen LogP contribution >= 0.6 is 0 Å². The van der Waals surface area contributed by atoms with Crippen LogP contribution in [0.1, 0.15) is 29.9 Å². The van der Waals surface area contributed by atoms with E-state index in [1.54, 1.807) is 26.6 Å². The number of hydrogen-bond donors (Lipinski definition) is 3. The summed E-state index contributed by atoms with van der Waals surface area (Å²) in [5.41, 5.74) is 15.8. The number of aromatic nitrogens is 4. The summed E-state index contributed by atoms with van der Waals surface area (Å²) in [6.07, 6.45) is 8.46. The lowest BCUT2D eigenvalue weighted by Crippen LogP contribution is -2.13. The standard InChI is InChI=1S/C19H24N8O/c1-12(13-4-5-17-23-8-15(11-28-3)27(17)10-13)25-19-18(21)24-9-16(26-19)14(6-20)7-22-2/h4-10,12H,11,20H2,1-3H3,(H2,21,24)(H,25,26). The van der Waals surface area contributed by atoms with E-state index in [4.69, 9.17) is 16.2 Å². The van der Waals surface area contributed by atoms with Gasteiger partial charge in [0.25, 0.3) is 0 Å². The van der Waals surface area contributed by atoms with E-state index in [0.717, 1.165) is 16.9 Å². The second kappa shape index (κ2) is 8.49. The molecular formula is C19H24N8O. The molecule has 28 heavy (non-hydrogen) atoms. The predicted molar refractivity (Wildman–Crippen MR) is 111 cm³/mol. The minimum atomic E-state index is -0.0702. The number of fused-ring (bicyclic) bond motifs is 1. The number of nitrogens with one attached hydrogen (secondary N) is 1. The van der Waals surface area contributed by atoms with Crippen molar-refractivity contribution < 1.29 is 4.74 Å². The molecular weight excluding hydrogens is 356 g/mol. The molecule has 146 valence electrons. The molecule has 3 rings (SSSR count). The highest BCUT2D eigenvalue weighted by atomic mass is 16.5. The van der Waals surface area contributed by atoms with Gasteiger partial charge in [-0.05, 0) is 18.6 Å².